The Morgan fingerprint density at radius 2 is 1.64 bits per heavy atom. The summed E-state index contributed by atoms with van der Waals surface area (Å²) in [7, 11) is 0. The first-order valence-corrected chi connectivity index (χ1v) is 9.00. The maximum atomic E-state index is 12.2. The van der Waals surface area contributed by atoms with Gasteiger partial charge in [-0.2, -0.15) is 0 Å². The van der Waals surface area contributed by atoms with Crippen LogP contribution in [0.15, 0.2) is 35.5 Å². The molecule has 0 aromatic heterocycles. The first kappa shape index (κ1) is 19.2. The summed E-state index contributed by atoms with van der Waals surface area (Å²) < 4.78 is 10.1. The van der Waals surface area contributed by atoms with Gasteiger partial charge in [-0.05, 0) is 50.2 Å². The number of hydrogen-bond donors (Lipinski definition) is 0. The highest BCUT2D eigenvalue weighted by Crippen LogP contribution is 2.31. The van der Waals surface area contributed by atoms with Crippen LogP contribution < -0.4 is 0 Å². The van der Waals surface area contributed by atoms with Gasteiger partial charge < -0.3 is 9.47 Å². The zero-order chi connectivity index (χ0) is 18.2. The third kappa shape index (κ3) is 5.15. The molecule has 25 heavy (non-hydrogen) atoms. The van der Waals surface area contributed by atoms with Gasteiger partial charge in [-0.1, -0.05) is 24.3 Å². The molecule has 0 heterocycles. The van der Waals surface area contributed by atoms with Crippen molar-refractivity contribution >= 4 is 17.7 Å². The molecule has 0 N–H and O–H groups in total. The van der Waals surface area contributed by atoms with E-state index in [0.717, 1.165) is 12.8 Å². The second-order valence-corrected chi connectivity index (χ2v) is 6.23. The SMILES string of the molecule is CCOC(=O)C(C(=O)OCC)C1=CCC=C(C2CCC(=O)CC2)C=C1. The zero-order valence-electron chi connectivity index (χ0n) is 15.0. The van der Waals surface area contributed by atoms with Gasteiger partial charge in [0.25, 0.3) is 0 Å². The van der Waals surface area contributed by atoms with E-state index in [-0.39, 0.29) is 13.2 Å². The minimum Gasteiger partial charge on any atom is -0.465 e. The minimum atomic E-state index is -1.04. The van der Waals surface area contributed by atoms with E-state index in [2.05, 4.69) is 6.08 Å². The van der Waals surface area contributed by atoms with E-state index < -0.39 is 17.9 Å². The molecular weight excluding hydrogens is 320 g/mol. The smallest absolute Gasteiger partial charge is 0.324 e. The van der Waals surface area contributed by atoms with Crippen molar-refractivity contribution in [2.45, 2.75) is 46.0 Å². The van der Waals surface area contributed by atoms with Crippen LogP contribution in [0.2, 0.25) is 0 Å². The minimum absolute atomic E-state index is 0.214. The van der Waals surface area contributed by atoms with Gasteiger partial charge in [-0.15, -0.1) is 0 Å². The van der Waals surface area contributed by atoms with Gasteiger partial charge in [0, 0.05) is 12.8 Å². The Labute approximate surface area is 148 Å². The highest BCUT2D eigenvalue weighted by molar-refractivity contribution is 5.98. The van der Waals surface area contributed by atoms with Crippen LogP contribution in [-0.2, 0) is 23.9 Å². The Morgan fingerprint density at radius 1 is 1.04 bits per heavy atom. The first-order valence-electron chi connectivity index (χ1n) is 9.00. The summed E-state index contributed by atoms with van der Waals surface area (Å²) in [5.74, 6) is -1.51. The van der Waals surface area contributed by atoms with E-state index in [1.807, 2.05) is 18.2 Å². The quantitative estimate of drug-likeness (QED) is 0.545. The number of carbonyl (C=O) groups is 3. The maximum absolute atomic E-state index is 12.2. The molecule has 0 amide bonds. The molecule has 0 bridgehead atoms. The fourth-order valence-electron chi connectivity index (χ4n) is 3.27. The topological polar surface area (TPSA) is 69.7 Å². The highest BCUT2D eigenvalue weighted by Gasteiger charge is 2.32. The Bertz CT molecular complexity index is 584. The molecule has 0 aromatic carbocycles. The lowest BCUT2D eigenvalue weighted by atomic mass is 9.82. The lowest BCUT2D eigenvalue weighted by Crippen LogP contribution is -2.29. The van der Waals surface area contributed by atoms with Crippen LogP contribution in [0.1, 0.15) is 46.0 Å². The second-order valence-electron chi connectivity index (χ2n) is 6.23. The fraction of sp³-hybridized carbons (Fsp3) is 0.550. The lowest BCUT2D eigenvalue weighted by molar-refractivity contribution is -0.159. The second kappa shape index (κ2) is 9.35. The van der Waals surface area contributed by atoms with E-state index in [4.69, 9.17) is 9.47 Å². The Morgan fingerprint density at radius 3 is 2.20 bits per heavy atom. The summed E-state index contributed by atoms with van der Waals surface area (Å²) in [5.41, 5.74) is 1.78. The number of carbonyl (C=O) groups excluding carboxylic acids is 3. The largest absolute Gasteiger partial charge is 0.465 e. The van der Waals surface area contributed by atoms with Gasteiger partial charge in [-0.25, -0.2) is 0 Å². The summed E-state index contributed by atoms with van der Waals surface area (Å²) >= 11 is 0. The molecule has 2 rings (SSSR count). The Hall–Kier alpha value is -2.17. The number of hydrogen-bond acceptors (Lipinski definition) is 5. The van der Waals surface area contributed by atoms with Crippen molar-refractivity contribution in [2.75, 3.05) is 13.2 Å². The normalized spacial score (nSPS) is 18.4. The molecule has 0 unspecified atom stereocenters. The average Bonchev–Trinajstić information content (AvgIpc) is 2.82. The molecule has 2 aliphatic rings. The van der Waals surface area contributed by atoms with Crippen molar-refractivity contribution < 1.29 is 23.9 Å². The summed E-state index contributed by atoms with van der Waals surface area (Å²) in [4.78, 5) is 35.9. The molecule has 0 spiro atoms. The Balaban J connectivity index is 2.13. The van der Waals surface area contributed by atoms with Crippen LogP contribution in [0.4, 0.5) is 0 Å². The highest BCUT2D eigenvalue weighted by atomic mass is 16.6. The van der Waals surface area contributed by atoms with Crippen LogP contribution in [0, 0.1) is 11.8 Å². The standard InChI is InChI=1S/C20H26O5/c1-3-24-19(22)18(20(23)25-4-2)16-7-5-6-14(8-9-16)15-10-12-17(21)13-11-15/h6-9,15,18H,3-5,10-13H2,1-2H3. The van der Waals surface area contributed by atoms with E-state index in [1.165, 1.54) is 5.57 Å². The molecule has 0 atom stereocenters. The molecule has 5 nitrogen and oxygen atoms in total. The molecule has 1 saturated carbocycles. The molecular formula is C20H26O5. The monoisotopic (exact) mass is 346 g/mol. The molecule has 136 valence electrons. The molecule has 0 aromatic rings. The third-order valence-corrected chi connectivity index (χ3v) is 4.57. The van der Waals surface area contributed by atoms with Crippen LogP contribution in [0.3, 0.4) is 0 Å². The molecule has 2 aliphatic carbocycles. The summed E-state index contributed by atoms with van der Waals surface area (Å²) in [6, 6.07) is 0. The molecule has 1 fully saturated rings. The maximum Gasteiger partial charge on any atom is 0.324 e. The van der Waals surface area contributed by atoms with E-state index in [9.17, 15) is 14.4 Å². The number of ketones is 1. The van der Waals surface area contributed by atoms with Crippen molar-refractivity contribution in [3.8, 4) is 0 Å². The number of Topliss-reactive ketones (excluding diaryl/α,β-unsaturated/α-hetero) is 1. The van der Waals surface area contributed by atoms with E-state index in [1.54, 1.807) is 13.8 Å². The first-order chi connectivity index (χ1) is 12.1. The number of rotatable bonds is 6. The summed E-state index contributed by atoms with van der Waals surface area (Å²) in [6.45, 7) is 3.85. The summed E-state index contributed by atoms with van der Waals surface area (Å²) in [6.07, 6.45) is 11.4. The molecule has 0 saturated heterocycles. The summed E-state index contributed by atoms with van der Waals surface area (Å²) in [5, 5.41) is 0. The number of ether oxygens (including phenoxy) is 2. The van der Waals surface area contributed by atoms with E-state index in [0.29, 0.717) is 36.5 Å². The van der Waals surface area contributed by atoms with Crippen molar-refractivity contribution in [1.29, 1.82) is 0 Å². The predicted octanol–water partition coefficient (Wildman–Crippen LogP) is 3.30. The van der Waals surface area contributed by atoms with Gasteiger partial charge in [0.05, 0.1) is 13.2 Å². The van der Waals surface area contributed by atoms with Crippen LogP contribution in [0.5, 0.6) is 0 Å². The van der Waals surface area contributed by atoms with Gasteiger partial charge >= 0.3 is 11.9 Å². The van der Waals surface area contributed by atoms with Crippen LogP contribution in [0.25, 0.3) is 0 Å². The van der Waals surface area contributed by atoms with Crippen molar-refractivity contribution in [1.82, 2.24) is 0 Å². The predicted molar refractivity (Wildman–Crippen MR) is 93.6 cm³/mol. The van der Waals surface area contributed by atoms with Gasteiger partial charge in [0.1, 0.15) is 5.78 Å². The Kier molecular flexibility index (Phi) is 7.16. The van der Waals surface area contributed by atoms with Gasteiger partial charge in [0.15, 0.2) is 5.92 Å². The third-order valence-electron chi connectivity index (χ3n) is 4.57. The lowest BCUT2D eigenvalue weighted by Gasteiger charge is -2.22. The van der Waals surface area contributed by atoms with E-state index >= 15 is 0 Å². The van der Waals surface area contributed by atoms with Crippen molar-refractivity contribution in [2.24, 2.45) is 11.8 Å². The van der Waals surface area contributed by atoms with Crippen molar-refractivity contribution in [3.05, 3.63) is 35.5 Å². The molecule has 5 heteroatoms. The van der Waals surface area contributed by atoms with Crippen LogP contribution in [-0.4, -0.2) is 30.9 Å². The van der Waals surface area contributed by atoms with Crippen molar-refractivity contribution in [3.63, 3.8) is 0 Å². The molecule has 0 aliphatic heterocycles. The molecule has 0 radical (unpaired) electrons. The van der Waals surface area contributed by atoms with Gasteiger partial charge in [-0.3, -0.25) is 14.4 Å². The number of esters is 2. The fourth-order valence-corrected chi connectivity index (χ4v) is 3.27. The van der Waals surface area contributed by atoms with Crippen LogP contribution >= 0.6 is 0 Å². The average molecular weight is 346 g/mol. The number of allylic oxidation sites excluding steroid dienone is 5. The van der Waals surface area contributed by atoms with Gasteiger partial charge in [0.2, 0.25) is 0 Å². The zero-order valence-corrected chi connectivity index (χ0v) is 15.0.